The van der Waals surface area contributed by atoms with Gasteiger partial charge in [-0.05, 0) is 49.4 Å². The van der Waals surface area contributed by atoms with Crippen LogP contribution in [0.5, 0.6) is 0 Å². The SMILES string of the molecule is NCCCNc1nc(Nc2cccc(CCl)c2)ncc1C1CC1. The Kier molecular flexibility index (Phi) is 5.31. The monoisotopic (exact) mass is 331 g/mol. The maximum Gasteiger partial charge on any atom is 0.229 e. The number of rotatable bonds is 8. The fourth-order valence-corrected chi connectivity index (χ4v) is 2.62. The summed E-state index contributed by atoms with van der Waals surface area (Å²) in [6, 6.07) is 7.95. The van der Waals surface area contributed by atoms with Crippen LogP contribution in [0.15, 0.2) is 30.5 Å². The Morgan fingerprint density at radius 1 is 1.30 bits per heavy atom. The standard InChI is InChI=1S/C17H22ClN5/c18-10-12-3-1-4-14(9-12)22-17-21-11-15(13-5-6-13)16(23-17)20-8-2-7-19/h1,3-4,9,11,13H,2,5-8,10,19H2,(H2,20,21,22,23). The maximum atomic E-state index is 5.88. The molecule has 0 unspecified atom stereocenters. The van der Waals surface area contributed by atoms with Gasteiger partial charge in [-0.15, -0.1) is 11.6 Å². The van der Waals surface area contributed by atoms with E-state index < -0.39 is 0 Å². The number of hydrogen-bond acceptors (Lipinski definition) is 5. The van der Waals surface area contributed by atoms with Gasteiger partial charge in [-0.2, -0.15) is 4.98 Å². The molecule has 1 aliphatic rings. The predicted octanol–water partition coefficient (Wildman–Crippen LogP) is 3.60. The van der Waals surface area contributed by atoms with Crippen LogP contribution in [-0.4, -0.2) is 23.1 Å². The van der Waals surface area contributed by atoms with Crippen molar-refractivity contribution in [2.75, 3.05) is 23.7 Å². The molecule has 0 bridgehead atoms. The van der Waals surface area contributed by atoms with E-state index in [1.54, 1.807) is 0 Å². The molecule has 0 aliphatic heterocycles. The second kappa shape index (κ2) is 7.62. The van der Waals surface area contributed by atoms with Crippen LogP contribution in [0.2, 0.25) is 0 Å². The number of hydrogen-bond donors (Lipinski definition) is 3. The van der Waals surface area contributed by atoms with E-state index >= 15 is 0 Å². The molecule has 1 aliphatic carbocycles. The van der Waals surface area contributed by atoms with Gasteiger partial charge in [0.25, 0.3) is 0 Å². The Bertz CT molecular complexity index is 657. The minimum atomic E-state index is 0.489. The van der Waals surface area contributed by atoms with Gasteiger partial charge in [0.2, 0.25) is 5.95 Å². The molecule has 0 atom stereocenters. The van der Waals surface area contributed by atoms with E-state index in [0.29, 0.717) is 24.3 Å². The van der Waals surface area contributed by atoms with Crippen molar-refractivity contribution in [1.29, 1.82) is 0 Å². The molecule has 0 saturated heterocycles. The molecule has 23 heavy (non-hydrogen) atoms. The van der Waals surface area contributed by atoms with E-state index in [9.17, 15) is 0 Å². The third-order valence-corrected chi connectivity index (χ3v) is 4.15. The second-order valence-corrected chi connectivity index (χ2v) is 6.07. The molecule has 1 heterocycles. The maximum absolute atomic E-state index is 5.88. The van der Waals surface area contributed by atoms with E-state index in [2.05, 4.69) is 20.6 Å². The molecular weight excluding hydrogens is 310 g/mol. The van der Waals surface area contributed by atoms with Crippen molar-refractivity contribution in [3.63, 3.8) is 0 Å². The fraction of sp³-hybridized carbons (Fsp3) is 0.412. The quantitative estimate of drug-likeness (QED) is 0.509. The van der Waals surface area contributed by atoms with Gasteiger partial charge in [0.1, 0.15) is 5.82 Å². The summed E-state index contributed by atoms with van der Waals surface area (Å²) in [6.07, 6.45) is 5.30. The summed E-state index contributed by atoms with van der Waals surface area (Å²) in [5.74, 6) is 2.61. The number of aromatic nitrogens is 2. The Labute approximate surface area is 141 Å². The summed E-state index contributed by atoms with van der Waals surface area (Å²) in [5.41, 5.74) is 8.78. The highest BCUT2D eigenvalue weighted by atomic mass is 35.5. The smallest absolute Gasteiger partial charge is 0.229 e. The fourth-order valence-electron chi connectivity index (χ4n) is 2.46. The molecule has 1 fully saturated rings. The third-order valence-electron chi connectivity index (χ3n) is 3.85. The van der Waals surface area contributed by atoms with Crippen LogP contribution < -0.4 is 16.4 Å². The number of alkyl halides is 1. The lowest BCUT2D eigenvalue weighted by atomic mass is 10.2. The Balaban J connectivity index is 1.77. The van der Waals surface area contributed by atoms with Crippen LogP contribution in [-0.2, 0) is 5.88 Å². The number of nitrogens with one attached hydrogen (secondary N) is 2. The highest BCUT2D eigenvalue weighted by Gasteiger charge is 2.27. The van der Waals surface area contributed by atoms with Crippen LogP contribution in [0.25, 0.3) is 0 Å². The average Bonchev–Trinajstić information content (AvgIpc) is 3.40. The molecule has 1 aromatic heterocycles. The highest BCUT2D eigenvalue weighted by molar-refractivity contribution is 6.17. The molecule has 1 aromatic carbocycles. The zero-order chi connectivity index (χ0) is 16.1. The summed E-state index contributed by atoms with van der Waals surface area (Å²) >= 11 is 5.88. The van der Waals surface area contributed by atoms with Crippen molar-refractivity contribution in [1.82, 2.24) is 9.97 Å². The normalized spacial score (nSPS) is 13.8. The molecule has 0 amide bonds. The van der Waals surface area contributed by atoms with Gasteiger partial charge < -0.3 is 16.4 Å². The molecule has 2 aromatic rings. The molecule has 122 valence electrons. The van der Waals surface area contributed by atoms with Gasteiger partial charge in [0, 0.05) is 29.9 Å². The van der Waals surface area contributed by atoms with Crippen molar-refractivity contribution >= 4 is 29.1 Å². The van der Waals surface area contributed by atoms with E-state index in [-0.39, 0.29) is 0 Å². The van der Waals surface area contributed by atoms with Gasteiger partial charge in [0.15, 0.2) is 0 Å². The van der Waals surface area contributed by atoms with Gasteiger partial charge in [0.05, 0.1) is 0 Å². The molecule has 6 heteroatoms. The summed E-state index contributed by atoms with van der Waals surface area (Å²) in [4.78, 5) is 9.11. The first kappa shape index (κ1) is 16.0. The number of halogens is 1. The molecule has 3 rings (SSSR count). The molecular formula is C17H22ClN5. The number of nitrogens with zero attached hydrogens (tertiary/aromatic N) is 2. The topological polar surface area (TPSA) is 75.9 Å². The van der Waals surface area contributed by atoms with E-state index in [4.69, 9.17) is 17.3 Å². The van der Waals surface area contributed by atoms with Crippen LogP contribution in [0, 0.1) is 0 Å². The van der Waals surface area contributed by atoms with Gasteiger partial charge in [-0.3, -0.25) is 0 Å². The molecule has 4 N–H and O–H groups in total. The van der Waals surface area contributed by atoms with E-state index in [1.165, 1.54) is 18.4 Å². The Hall–Kier alpha value is -1.85. The van der Waals surface area contributed by atoms with Crippen LogP contribution in [0.4, 0.5) is 17.5 Å². The van der Waals surface area contributed by atoms with Gasteiger partial charge in [-0.1, -0.05) is 12.1 Å². The van der Waals surface area contributed by atoms with Crippen molar-refractivity contribution in [2.24, 2.45) is 5.73 Å². The van der Waals surface area contributed by atoms with Crippen LogP contribution >= 0.6 is 11.6 Å². The number of benzene rings is 1. The molecule has 0 radical (unpaired) electrons. The summed E-state index contributed by atoms with van der Waals surface area (Å²) < 4.78 is 0. The first-order valence-corrected chi connectivity index (χ1v) is 8.56. The lowest BCUT2D eigenvalue weighted by Gasteiger charge is -2.12. The summed E-state index contributed by atoms with van der Waals surface area (Å²) in [7, 11) is 0. The lowest BCUT2D eigenvalue weighted by molar-refractivity contribution is 0.865. The van der Waals surface area contributed by atoms with Crippen LogP contribution in [0.1, 0.15) is 36.3 Å². The zero-order valence-electron chi connectivity index (χ0n) is 13.1. The van der Waals surface area contributed by atoms with Crippen molar-refractivity contribution < 1.29 is 0 Å². The number of anilines is 3. The Morgan fingerprint density at radius 3 is 2.91 bits per heavy atom. The summed E-state index contributed by atoms with van der Waals surface area (Å²) in [5, 5.41) is 6.64. The van der Waals surface area contributed by atoms with Crippen molar-refractivity contribution in [2.45, 2.75) is 31.1 Å². The zero-order valence-corrected chi connectivity index (χ0v) is 13.8. The van der Waals surface area contributed by atoms with E-state index in [0.717, 1.165) is 30.0 Å². The van der Waals surface area contributed by atoms with E-state index in [1.807, 2.05) is 30.5 Å². The third kappa shape index (κ3) is 4.33. The van der Waals surface area contributed by atoms with Crippen LogP contribution in [0.3, 0.4) is 0 Å². The first-order chi connectivity index (χ1) is 11.3. The molecule has 1 saturated carbocycles. The minimum absolute atomic E-state index is 0.489. The average molecular weight is 332 g/mol. The predicted molar refractivity (Wildman–Crippen MR) is 95.4 cm³/mol. The van der Waals surface area contributed by atoms with Gasteiger partial charge >= 0.3 is 0 Å². The second-order valence-electron chi connectivity index (χ2n) is 5.80. The molecule has 5 nitrogen and oxygen atoms in total. The summed E-state index contributed by atoms with van der Waals surface area (Å²) in [6.45, 7) is 1.50. The molecule has 0 spiro atoms. The van der Waals surface area contributed by atoms with Crippen molar-refractivity contribution in [3.8, 4) is 0 Å². The largest absolute Gasteiger partial charge is 0.370 e. The number of nitrogens with two attached hydrogens (primary N) is 1. The van der Waals surface area contributed by atoms with Gasteiger partial charge in [-0.25, -0.2) is 4.98 Å². The van der Waals surface area contributed by atoms with Crippen molar-refractivity contribution in [3.05, 3.63) is 41.6 Å². The minimum Gasteiger partial charge on any atom is -0.370 e. The highest BCUT2D eigenvalue weighted by Crippen LogP contribution is 2.42. The first-order valence-electron chi connectivity index (χ1n) is 8.03. The lowest BCUT2D eigenvalue weighted by Crippen LogP contribution is -2.12. The Morgan fingerprint density at radius 2 is 2.17 bits per heavy atom.